The lowest BCUT2D eigenvalue weighted by Gasteiger charge is -2.28. The smallest absolute Gasteiger partial charge is 0.329 e. The van der Waals surface area contributed by atoms with Crippen LogP contribution in [0, 0.1) is 5.92 Å². The molecule has 1 aliphatic rings. The number of nitrogens with zero attached hydrogens (tertiary/aromatic N) is 1. The lowest BCUT2D eigenvalue weighted by Crippen LogP contribution is -2.70. The van der Waals surface area contributed by atoms with E-state index in [1.54, 1.807) is 4.90 Å². The highest BCUT2D eigenvalue weighted by atomic mass is 16.6. The van der Waals surface area contributed by atoms with Crippen LogP contribution in [0.2, 0.25) is 0 Å². The minimum atomic E-state index is -0.518. The Bertz CT molecular complexity index is 347. The van der Waals surface area contributed by atoms with Crippen molar-refractivity contribution >= 4 is 11.9 Å². The highest BCUT2D eigenvalue weighted by Gasteiger charge is 2.40. The standard InChI is InChI=1S/C14H26N2O3/c1-9(2)11(15)12(17)16-8-6-7-10(16)13(18)19-14(3,4)5/h9-11H,6-8,15H2,1-5H3/p+1/t10-,11-/m0/s1. The van der Waals surface area contributed by atoms with E-state index in [0.29, 0.717) is 13.0 Å². The second-order valence-corrected chi connectivity index (χ2v) is 6.57. The molecule has 0 aromatic carbocycles. The third kappa shape index (κ3) is 4.20. The van der Waals surface area contributed by atoms with Gasteiger partial charge in [-0.15, -0.1) is 0 Å². The quantitative estimate of drug-likeness (QED) is 0.763. The summed E-state index contributed by atoms with van der Waals surface area (Å²) in [5, 5.41) is 0. The summed E-state index contributed by atoms with van der Waals surface area (Å²) in [6.07, 6.45) is 1.53. The molecular formula is C14H27N2O3+. The van der Waals surface area contributed by atoms with Crippen molar-refractivity contribution in [1.29, 1.82) is 0 Å². The molecule has 1 rings (SSSR count). The first-order chi connectivity index (χ1) is 8.63. The van der Waals surface area contributed by atoms with Gasteiger partial charge < -0.3 is 15.4 Å². The molecule has 110 valence electrons. The van der Waals surface area contributed by atoms with Crippen molar-refractivity contribution in [1.82, 2.24) is 4.90 Å². The molecule has 0 aromatic rings. The summed E-state index contributed by atoms with van der Waals surface area (Å²) >= 11 is 0. The normalized spacial score (nSPS) is 21.6. The first kappa shape index (κ1) is 16.0. The third-order valence-corrected chi connectivity index (χ3v) is 3.34. The zero-order valence-electron chi connectivity index (χ0n) is 12.7. The molecule has 1 amide bonds. The molecule has 1 aliphatic heterocycles. The van der Waals surface area contributed by atoms with Crippen molar-refractivity contribution in [3.8, 4) is 0 Å². The number of amides is 1. The van der Waals surface area contributed by atoms with Gasteiger partial charge in [0.2, 0.25) is 0 Å². The Kier molecular flexibility index (Phi) is 4.96. The lowest BCUT2D eigenvalue weighted by molar-refractivity contribution is -0.416. The van der Waals surface area contributed by atoms with E-state index in [0.717, 1.165) is 6.42 Å². The Balaban J connectivity index is 2.74. The lowest BCUT2D eigenvalue weighted by atomic mass is 10.0. The van der Waals surface area contributed by atoms with Crippen molar-refractivity contribution < 1.29 is 20.1 Å². The molecule has 5 nitrogen and oxygen atoms in total. The monoisotopic (exact) mass is 271 g/mol. The highest BCUT2D eigenvalue weighted by molar-refractivity contribution is 5.87. The second-order valence-electron chi connectivity index (χ2n) is 6.57. The summed E-state index contributed by atoms with van der Waals surface area (Å²) < 4.78 is 5.39. The fourth-order valence-electron chi connectivity index (χ4n) is 2.14. The molecule has 0 unspecified atom stereocenters. The summed E-state index contributed by atoms with van der Waals surface area (Å²) in [4.78, 5) is 26.1. The van der Waals surface area contributed by atoms with Crippen LogP contribution in [0.3, 0.4) is 0 Å². The van der Waals surface area contributed by atoms with E-state index < -0.39 is 11.6 Å². The fraction of sp³-hybridized carbons (Fsp3) is 0.857. The molecule has 2 atom stereocenters. The van der Waals surface area contributed by atoms with Crippen LogP contribution in [0.25, 0.3) is 0 Å². The van der Waals surface area contributed by atoms with Crippen LogP contribution in [0.1, 0.15) is 47.5 Å². The summed E-state index contributed by atoms with van der Waals surface area (Å²) in [5.74, 6) is -0.162. The third-order valence-electron chi connectivity index (χ3n) is 3.34. The number of ether oxygens (including phenoxy) is 1. The molecular weight excluding hydrogens is 244 g/mol. The maximum Gasteiger partial charge on any atom is 0.329 e. The molecule has 0 spiro atoms. The van der Waals surface area contributed by atoms with E-state index in [2.05, 4.69) is 5.73 Å². The van der Waals surface area contributed by atoms with Gasteiger partial charge in [-0.1, -0.05) is 13.8 Å². The zero-order chi connectivity index (χ0) is 14.8. The maximum atomic E-state index is 12.3. The Labute approximate surface area is 115 Å². The van der Waals surface area contributed by atoms with E-state index >= 15 is 0 Å². The number of esters is 1. The van der Waals surface area contributed by atoms with Gasteiger partial charge in [0.1, 0.15) is 11.6 Å². The molecule has 1 saturated heterocycles. The van der Waals surface area contributed by atoms with Crippen LogP contribution in [-0.4, -0.2) is 41.0 Å². The van der Waals surface area contributed by atoms with Gasteiger partial charge in [0, 0.05) is 12.5 Å². The van der Waals surface area contributed by atoms with Gasteiger partial charge in [0.05, 0.1) is 0 Å². The predicted octanol–water partition coefficient (Wildman–Crippen LogP) is 0.586. The maximum absolute atomic E-state index is 12.3. The van der Waals surface area contributed by atoms with E-state index in [-0.39, 0.29) is 23.8 Å². The average molecular weight is 271 g/mol. The fourth-order valence-corrected chi connectivity index (χ4v) is 2.14. The van der Waals surface area contributed by atoms with E-state index in [9.17, 15) is 9.59 Å². The summed E-state index contributed by atoms with van der Waals surface area (Å²) in [5.41, 5.74) is 3.39. The topological polar surface area (TPSA) is 74.3 Å². The molecule has 0 aromatic heterocycles. The van der Waals surface area contributed by atoms with Gasteiger partial charge in [-0.25, -0.2) is 4.79 Å². The van der Waals surface area contributed by atoms with Crippen LogP contribution in [0.15, 0.2) is 0 Å². The van der Waals surface area contributed by atoms with Crippen LogP contribution >= 0.6 is 0 Å². The average Bonchev–Trinajstić information content (AvgIpc) is 2.73. The molecule has 0 aliphatic carbocycles. The summed E-state index contributed by atoms with van der Waals surface area (Å²) in [7, 11) is 0. The number of rotatable bonds is 3. The second kappa shape index (κ2) is 5.90. The summed E-state index contributed by atoms with van der Waals surface area (Å²) in [6.45, 7) is 10.1. The molecule has 1 fully saturated rings. The predicted molar refractivity (Wildman–Crippen MR) is 72.1 cm³/mol. The molecule has 0 bridgehead atoms. The van der Waals surface area contributed by atoms with Gasteiger partial charge in [-0.2, -0.15) is 0 Å². The Morgan fingerprint density at radius 3 is 2.37 bits per heavy atom. The van der Waals surface area contributed by atoms with Crippen molar-refractivity contribution in [2.24, 2.45) is 5.92 Å². The van der Waals surface area contributed by atoms with Gasteiger partial charge in [-0.05, 0) is 33.6 Å². The molecule has 0 saturated carbocycles. The number of hydrogen-bond donors (Lipinski definition) is 1. The van der Waals surface area contributed by atoms with E-state index in [4.69, 9.17) is 4.74 Å². The van der Waals surface area contributed by atoms with E-state index in [1.807, 2.05) is 34.6 Å². The number of likely N-dealkylation sites (tertiary alicyclic amines) is 1. The van der Waals surface area contributed by atoms with Gasteiger partial charge in [0.25, 0.3) is 5.91 Å². The Morgan fingerprint density at radius 1 is 1.32 bits per heavy atom. The van der Waals surface area contributed by atoms with Gasteiger partial charge in [-0.3, -0.25) is 4.79 Å². The highest BCUT2D eigenvalue weighted by Crippen LogP contribution is 2.22. The minimum Gasteiger partial charge on any atom is -0.458 e. The largest absolute Gasteiger partial charge is 0.458 e. The number of quaternary nitrogens is 1. The zero-order valence-corrected chi connectivity index (χ0v) is 12.7. The SMILES string of the molecule is CC(C)[C@H]([NH3+])C(=O)N1CCC[C@H]1C(=O)OC(C)(C)C. The minimum absolute atomic E-state index is 0.0386. The molecule has 19 heavy (non-hydrogen) atoms. The van der Waals surface area contributed by atoms with Crippen LogP contribution < -0.4 is 5.73 Å². The van der Waals surface area contributed by atoms with Gasteiger partial charge in [0.15, 0.2) is 6.04 Å². The molecule has 3 N–H and O–H groups in total. The van der Waals surface area contributed by atoms with Crippen LogP contribution in [0.5, 0.6) is 0 Å². The first-order valence-corrected chi connectivity index (χ1v) is 7.00. The van der Waals surface area contributed by atoms with E-state index in [1.165, 1.54) is 0 Å². The Morgan fingerprint density at radius 2 is 1.89 bits per heavy atom. The van der Waals surface area contributed by atoms with Crippen molar-refractivity contribution in [3.05, 3.63) is 0 Å². The number of hydrogen-bond acceptors (Lipinski definition) is 3. The van der Waals surface area contributed by atoms with Crippen molar-refractivity contribution in [2.75, 3.05) is 6.54 Å². The summed E-state index contributed by atoms with van der Waals surface area (Å²) in [6, 6.07) is -0.738. The number of carbonyl (C=O) groups is 2. The van der Waals surface area contributed by atoms with Crippen LogP contribution in [0.4, 0.5) is 0 Å². The first-order valence-electron chi connectivity index (χ1n) is 7.00. The van der Waals surface area contributed by atoms with Gasteiger partial charge >= 0.3 is 5.97 Å². The Hall–Kier alpha value is -1.10. The molecule has 5 heteroatoms. The molecule has 1 heterocycles. The molecule has 0 radical (unpaired) electrons. The van der Waals surface area contributed by atoms with Crippen molar-refractivity contribution in [3.63, 3.8) is 0 Å². The van der Waals surface area contributed by atoms with Crippen LogP contribution in [-0.2, 0) is 14.3 Å². The van der Waals surface area contributed by atoms with Crippen molar-refractivity contribution in [2.45, 2.75) is 65.1 Å². The number of carbonyl (C=O) groups excluding carboxylic acids is 2.